The van der Waals surface area contributed by atoms with Gasteiger partial charge in [0.2, 0.25) is 11.0 Å². The maximum Gasteiger partial charge on any atom is 0.416 e. The lowest BCUT2D eigenvalue weighted by Gasteiger charge is -2.24. The first-order valence-electron chi connectivity index (χ1n) is 15.4. The zero-order valence-corrected chi connectivity index (χ0v) is 30.3. The number of carboxylic acid groups (broad SMARTS) is 3. The molecule has 0 unspecified atom stereocenters. The minimum Gasteiger partial charge on any atom is -0.480 e. The second-order valence-corrected chi connectivity index (χ2v) is 15.1. The summed E-state index contributed by atoms with van der Waals surface area (Å²) in [5.41, 5.74) is -4.66. The van der Waals surface area contributed by atoms with E-state index in [4.69, 9.17) is 9.52 Å². The second kappa shape index (κ2) is 15.2. The number of thiazole rings is 1. The first-order chi connectivity index (χ1) is 25.6. The van der Waals surface area contributed by atoms with Crippen LogP contribution in [0.25, 0.3) is 11.0 Å². The molecule has 19 nitrogen and oxygen atoms in total. The van der Waals surface area contributed by atoms with Crippen molar-refractivity contribution in [2.75, 3.05) is 35.2 Å². The molecule has 1 aromatic carbocycles. The van der Waals surface area contributed by atoms with Crippen molar-refractivity contribution < 1.29 is 69.9 Å². The van der Waals surface area contributed by atoms with E-state index in [0.717, 1.165) is 18.2 Å². The summed E-state index contributed by atoms with van der Waals surface area (Å²) in [5, 5.41) is 27.1. The molecule has 2 aliphatic rings. The number of amides is 2. The number of carbonyl (C=O) groups excluding carboxylic acids is 2. The summed E-state index contributed by atoms with van der Waals surface area (Å²) in [5.74, 6) is -6.63. The number of thioether (sulfide) groups is 1. The Balaban J connectivity index is 1.78. The number of carboxylic acids is 3. The molecule has 1 saturated heterocycles. The fraction of sp³-hybridized carbons (Fsp3) is 0.300. The second-order valence-electron chi connectivity index (χ2n) is 11.5. The fourth-order valence-electron chi connectivity index (χ4n) is 5.61. The van der Waals surface area contributed by atoms with Gasteiger partial charge in [-0.15, -0.1) is 11.3 Å². The molecule has 25 heteroatoms. The van der Waals surface area contributed by atoms with Crippen molar-refractivity contribution in [2.24, 2.45) is 0 Å². The highest BCUT2D eigenvalue weighted by molar-refractivity contribution is 8.22. The number of hydrogen-bond donors (Lipinski definition) is 4. The van der Waals surface area contributed by atoms with Crippen LogP contribution in [-0.4, -0.2) is 96.8 Å². The lowest BCUT2D eigenvalue weighted by molar-refractivity contribution is -0.140. The Morgan fingerprint density at radius 3 is 2.09 bits per heavy atom. The molecule has 0 aliphatic carbocycles. The van der Waals surface area contributed by atoms with Gasteiger partial charge in [-0.1, -0.05) is 0 Å². The van der Waals surface area contributed by atoms with Crippen LogP contribution in [0.3, 0.4) is 0 Å². The van der Waals surface area contributed by atoms with Gasteiger partial charge in [0, 0.05) is 13.1 Å². The number of alkyl halides is 3. The maximum atomic E-state index is 13.7. The number of anilines is 2. The van der Waals surface area contributed by atoms with E-state index in [-0.39, 0.29) is 53.0 Å². The Bertz CT molecular complexity index is 2640. The molecule has 2 aromatic heterocycles. The maximum absolute atomic E-state index is 13.7. The highest BCUT2D eigenvalue weighted by atomic mass is 32.2. The van der Waals surface area contributed by atoms with Crippen LogP contribution < -0.4 is 31.0 Å². The van der Waals surface area contributed by atoms with Crippen LogP contribution in [-0.2, 0) is 48.6 Å². The molecular weight excluding hydrogens is 808 g/mol. The van der Waals surface area contributed by atoms with E-state index in [1.807, 2.05) is 0 Å². The largest absolute Gasteiger partial charge is 0.480 e. The van der Waals surface area contributed by atoms with Crippen molar-refractivity contribution in [3.05, 3.63) is 76.5 Å². The molecule has 4 heterocycles. The first-order valence-corrected chi connectivity index (χ1v) is 18.7. The van der Waals surface area contributed by atoms with Gasteiger partial charge < -0.3 is 29.5 Å². The van der Waals surface area contributed by atoms with Crippen LogP contribution in [0.15, 0.2) is 44.1 Å². The number of aliphatic carboxylic acids is 3. The predicted molar refractivity (Wildman–Crippen MR) is 185 cm³/mol. The Morgan fingerprint density at radius 2 is 1.51 bits per heavy atom. The van der Waals surface area contributed by atoms with Gasteiger partial charge in [0.15, 0.2) is 0 Å². The summed E-state index contributed by atoms with van der Waals surface area (Å²) < 4.78 is 79.0. The highest BCUT2D eigenvalue weighted by Crippen LogP contribution is 2.44. The summed E-state index contributed by atoms with van der Waals surface area (Å²) in [6.45, 7) is -1.75. The number of imide groups is 1. The molecule has 0 saturated carbocycles. The van der Waals surface area contributed by atoms with Gasteiger partial charge in [-0.3, -0.25) is 52.1 Å². The van der Waals surface area contributed by atoms with Gasteiger partial charge in [0.25, 0.3) is 32.4 Å². The monoisotopic (exact) mass is 833 g/mol. The Hall–Kier alpha value is -5.66. The standard InChI is InChI=1S/C30H26F3N5O14S3/c1-2-34-15-5-4-14(30(31,32)33)10-16(15)35(8-3-9-55(49,50)51)18(34)7-6-17-24(45)37(12-20(41)42)28(53-17)22-25(46)36(11-19(39)40)27(52-22)23-26(47)38(13-21(43)44)29(48)54-23/h4-7,10H,2-3,8-9,11-13H2,1H3,(H,39,40)(H,41,42)(H,43,44)(H,49,50,51)/b17-6?,18-7?,27-23?,28-22+. The first kappa shape index (κ1) is 40.5. The predicted octanol–water partition coefficient (Wildman–Crippen LogP) is 0.274. The number of nitrogens with zero attached hydrogens (tertiary/aromatic N) is 5. The molecule has 0 spiro atoms. The molecule has 0 bridgehead atoms. The third kappa shape index (κ3) is 8.37. The van der Waals surface area contributed by atoms with Gasteiger partial charge >= 0.3 is 24.1 Å². The average Bonchev–Trinajstić information content (AvgIpc) is 3.74. The number of oxazole rings is 1. The lowest BCUT2D eigenvalue weighted by Crippen LogP contribution is -2.36. The zero-order valence-electron chi connectivity index (χ0n) is 27.8. The number of carbonyl (C=O) groups is 5. The normalized spacial score (nSPS) is 17.5. The van der Waals surface area contributed by atoms with Crippen molar-refractivity contribution in [2.45, 2.75) is 32.6 Å². The quantitative estimate of drug-likeness (QED) is 0.178. The van der Waals surface area contributed by atoms with Gasteiger partial charge in [0.1, 0.15) is 35.0 Å². The summed E-state index contributed by atoms with van der Waals surface area (Å²) in [6, 6.07) is 2.87. The third-order valence-electron chi connectivity index (χ3n) is 7.83. The van der Waals surface area contributed by atoms with Gasteiger partial charge in [0.05, 0.1) is 27.2 Å². The number of benzene rings is 1. The summed E-state index contributed by atoms with van der Waals surface area (Å²) in [4.78, 5) is 89.9. The van der Waals surface area contributed by atoms with Crippen molar-refractivity contribution in [1.29, 1.82) is 0 Å². The van der Waals surface area contributed by atoms with Crippen LogP contribution in [0.4, 0.5) is 29.3 Å². The van der Waals surface area contributed by atoms with Crippen LogP contribution >= 0.6 is 23.1 Å². The molecule has 4 N–H and O–H groups in total. The number of aromatic nitrogens is 2. The van der Waals surface area contributed by atoms with Crippen LogP contribution in [0.5, 0.6) is 0 Å². The van der Waals surface area contributed by atoms with E-state index in [9.17, 15) is 69.9 Å². The lowest BCUT2D eigenvalue weighted by atomic mass is 10.1. The van der Waals surface area contributed by atoms with Crippen LogP contribution in [0, 0.1) is 10.1 Å². The molecular formula is C30H26F3N5O14S3. The minimum atomic E-state index is -4.75. The van der Waals surface area contributed by atoms with Crippen LogP contribution in [0.2, 0.25) is 0 Å². The van der Waals surface area contributed by atoms with Crippen molar-refractivity contribution in [3.63, 3.8) is 0 Å². The molecule has 3 aromatic rings. The number of rotatable bonds is 12. The summed E-state index contributed by atoms with van der Waals surface area (Å²) in [6.07, 6.45) is -2.58. The topological polar surface area (TPSA) is 267 Å². The Morgan fingerprint density at radius 1 is 0.873 bits per heavy atom. The molecule has 55 heavy (non-hydrogen) atoms. The molecule has 294 valence electrons. The number of halogens is 3. The van der Waals surface area contributed by atoms with E-state index in [1.165, 1.54) is 21.9 Å². The number of allylic oxidation sites excluding steroid dienone is 1. The summed E-state index contributed by atoms with van der Waals surface area (Å²) in [7, 11) is -4.46. The Labute approximate surface area is 312 Å². The minimum absolute atomic E-state index is 0.0150. The van der Waals surface area contributed by atoms with E-state index >= 15 is 0 Å². The molecule has 1 fully saturated rings. The van der Waals surface area contributed by atoms with Crippen molar-refractivity contribution >= 4 is 84.6 Å². The highest BCUT2D eigenvalue weighted by Gasteiger charge is 2.39. The summed E-state index contributed by atoms with van der Waals surface area (Å²) >= 11 is 0.611. The SMILES string of the molecule is CCN1C(=CC=c2s/c(=c3/oc(=C4SC(=O)N(CC(=O)O)C4=O)n(CC(=O)O)c3=O)n(CC(=O)O)c2=O)N(CCCS(=O)(=O)O)c2cc(C(F)(F)F)ccc21. The van der Waals surface area contributed by atoms with Gasteiger partial charge in [-0.2, -0.15) is 21.6 Å². The Kier molecular flexibility index (Phi) is 11.2. The van der Waals surface area contributed by atoms with Crippen LogP contribution in [0.1, 0.15) is 18.9 Å². The zero-order chi connectivity index (χ0) is 40.7. The van der Waals surface area contributed by atoms with E-state index in [0.29, 0.717) is 25.4 Å². The molecule has 5 rings (SSSR count). The van der Waals surface area contributed by atoms with E-state index in [2.05, 4.69) is 0 Å². The number of fused-ring (bicyclic) bond motifs is 1. The van der Waals surface area contributed by atoms with E-state index < -0.39 is 108 Å². The molecule has 0 radical (unpaired) electrons. The fourth-order valence-corrected chi connectivity index (χ4v) is 8.00. The average molecular weight is 834 g/mol. The van der Waals surface area contributed by atoms with Gasteiger partial charge in [-0.25, -0.2) is 0 Å². The molecule has 2 amide bonds. The number of hydrogen-bond acceptors (Lipinski definition) is 14. The van der Waals surface area contributed by atoms with Gasteiger partial charge in [-0.05, 0) is 55.5 Å². The molecule has 0 atom stereocenters. The van der Waals surface area contributed by atoms with E-state index in [1.54, 1.807) is 6.92 Å². The van der Waals surface area contributed by atoms with Crippen molar-refractivity contribution in [1.82, 2.24) is 14.0 Å². The molecule has 2 aliphatic heterocycles. The smallest absolute Gasteiger partial charge is 0.416 e. The van der Waals surface area contributed by atoms with Crippen molar-refractivity contribution in [3.8, 4) is 0 Å². The third-order valence-corrected chi connectivity index (χ3v) is 10.7.